The molecule has 1 fully saturated rings. The van der Waals surface area contributed by atoms with Crippen LogP contribution in [0.1, 0.15) is 64.7 Å². The third-order valence-corrected chi connectivity index (χ3v) is 4.65. The Labute approximate surface area is 145 Å². The van der Waals surface area contributed by atoms with Crippen molar-refractivity contribution < 1.29 is 18.1 Å². The third-order valence-electron chi connectivity index (χ3n) is 4.65. The van der Waals surface area contributed by atoms with Gasteiger partial charge in [-0.1, -0.05) is 64.4 Å². The molecular formula is C19H29BF2O2. The summed E-state index contributed by atoms with van der Waals surface area (Å²) in [5.41, 5.74) is 0.541. The van der Waals surface area contributed by atoms with Crippen LogP contribution in [0.2, 0.25) is 0 Å². The summed E-state index contributed by atoms with van der Waals surface area (Å²) in [6.07, 6.45) is 11.6. The molecule has 0 aromatic heterocycles. The van der Waals surface area contributed by atoms with Crippen molar-refractivity contribution in [3.05, 3.63) is 29.8 Å². The second-order valence-electron chi connectivity index (χ2n) is 6.80. The monoisotopic (exact) mass is 338 g/mol. The van der Waals surface area contributed by atoms with Gasteiger partial charge in [-0.25, -0.2) is 8.78 Å². The van der Waals surface area contributed by atoms with E-state index in [2.05, 4.69) is 6.92 Å². The van der Waals surface area contributed by atoms with Crippen molar-refractivity contribution in [3.63, 3.8) is 0 Å². The second-order valence-corrected chi connectivity index (χ2v) is 6.80. The summed E-state index contributed by atoms with van der Waals surface area (Å²) in [6.45, 7) is 3.49. The van der Waals surface area contributed by atoms with E-state index in [0.717, 1.165) is 18.6 Å². The normalized spacial score (nSPS) is 15.9. The van der Waals surface area contributed by atoms with E-state index in [1.165, 1.54) is 57.4 Å². The van der Waals surface area contributed by atoms with Gasteiger partial charge in [-0.15, -0.1) is 0 Å². The average molecular weight is 338 g/mol. The molecule has 1 aliphatic rings. The van der Waals surface area contributed by atoms with E-state index >= 15 is 0 Å². The highest BCUT2D eigenvalue weighted by atomic mass is 19.2. The maximum Gasteiger partial charge on any atom is 0.493 e. The molecule has 0 aliphatic carbocycles. The van der Waals surface area contributed by atoms with Crippen LogP contribution in [0.15, 0.2) is 18.2 Å². The minimum atomic E-state index is -0.860. The maximum absolute atomic E-state index is 13.3. The lowest BCUT2D eigenvalue weighted by atomic mass is 9.77. The first-order valence-electron chi connectivity index (χ1n) is 9.39. The van der Waals surface area contributed by atoms with Crippen molar-refractivity contribution >= 4 is 12.6 Å². The Morgan fingerprint density at radius 3 is 2.17 bits per heavy atom. The van der Waals surface area contributed by atoms with E-state index in [4.69, 9.17) is 9.31 Å². The predicted molar refractivity (Wildman–Crippen MR) is 94.4 cm³/mol. The van der Waals surface area contributed by atoms with Crippen LogP contribution >= 0.6 is 0 Å². The van der Waals surface area contributed by atoms with E-state index in [1.54, 1.807) is 0 Å². The summed E-state index contributed by atoms with van der Waals surface area (Å²) in [6, 6.07) is 3.78. The van der Waals surface area contributed by atoms with Gasteiger partial charge in [-0.05, 0) is 24.0 Å². The van der Waals surface area contributed by atoms with Crippen molar-refractivity contribution in [2.45, 2.75) is 64.7 Å². The lowest BCUT2D eigenvalue weighted by Gasteiger charge is -2.27. The zero-order valence-corrected chi connectivity index (χ0v) is 14.7. The molecule has 0 spiro atoms. The van der Waals surface area contributed by atoms with Crippen LogP contribution in [0, 0.1) is 17.6 Å². The molecule has 0 N–H and O–H groups in total. The summed E-state index contributed by atoms with van der Waals surface area (Å²) in [5.74, 6) is -1.30. The smallest absolute Gasteiger partial charge is 0.407 e. The average Bonchev–Trinajstić information content (AvgIpc) is 2.60. The molecule has 1 saturated heterocycles. The van der Waals surface area contributed by atoms with Crippen molar-refractivity contribution in [2.24, 2.45) is 5.92 Å². The van der Waals surface area contributed by atoms with E-state index in [-0.39, 0.29) is 0 Å². The van der Waals surface area contributed by atoms with Gasteiger partial charge in [0.2, 0.25) is 0 Å². The van der Waals surface area contributed by atoms with Crippen LogP contribution in [0.25, 0.3) is 0 Å². The Morgan fingerprint density at radius 1 is 0.917 bits per heavy atom. The lowest BCUT2D eigenvalue weighted by molar-refractivity contribution is 0.0810. The first-order valence-corrected chi connectivity index (χ1v) is 9.39. The summed E-state index contributed by atoms with van der Waals surface area (Å²) in [4.78, 5) is 0. The fourth-order valence-electron chi connectivity index (χ4n) is 3.13. The lowest BCUT2D eigenvalue weighted by Crippen LogP contribution is -2.44. The minimum absolute atomic E-state index is 0.409. The van der Waals surface area contributed by atoms with Gasteiger partial charge in [0.25, 0.3) is 0 Å². The van der Waals surface area contributed by atoms with Crippen LogP contribution in [-0.4, -0.2) is 20.3 Å². The Morgan fingerprint density at radius 2 is 1.54 bits per heavy atom. The van der Waals surface area contributed by atoms with Crippen molar-refractivity contribution in [3.8, 4) is 0 Å². The molecule has 1 aliphatic heterocycles. The van der Waals surface area contributed by atoms with E-state index < -0.39 is 18.8 Å². The molecule has 0 saturated carbocycles. The summed E-state index contributed by atoms with van der Waals surface area (Å²) < 4.78 is 37.6. The van der Waals surface area contributed by atoms with Gasteiger partial charge in [0.1, 0.15) is 0 Å². The molecule has 1 aromatic carbocycles. The molecular weight excluding hydrogens is 309 g/mol. The Bertz CT molecular complexity index is 476. The second kappa shape index (κ2) is 10.8. The van der Waals surface area contributed by atoms with Gasteiger partial charge >= 0.3 is 7.12 Å². The molecule has 0 unspecified atom stereocenters. The molecule has 0 bridgehead atoms. The molecule has 0 radical (unpaired) electrons. The number of unbranched alkanes of at least 4 members (excludes halogenated alkanes) is 7. The molecule has 1 aromatic rings. The highest BCUT2D eigenvalue weighted by Crippen LogP contribution is 2.18. The topological polar surface area (TPSA) is 18.5 Å². The Balaban J connectivity index is 1.57. The fraction of sp³-hybridized carbons (Fsp3) is 0.684. The molecule has 1 heterocycles. The number of hydrogen-bond donors (Lipinski definition) is 0. The van der Waals surface area contributed by atoms with Crippen LogP contribution in [0.5, 0.6) is 0 Å². The third kappa shape index (κ3) is 6.52. The van der Waals surface area contributed by atoms with Crippen LogP contribution in [0.4, 0.5) is 8.78 Å². The fourth-order valence-corrected chi connectivity index (χ4v) is 3.13. The van der Waals surface area contributed by atoms with E-state index in [1.807, 2.05) is 0 Å². The molecule has 2 nitrogen and oxygen atoms in total. The highest BCUT2D eigenvalue weighted by Gasteiger charge is 2.29. The standard InChI is InChI=1S/C19H29BF2O2/c1-2-3-4-5-6-7-8-9-10-16-14-23-20(24-15-16)17-11-12-18(21)19(22)13-17/h11-13,16H,2-10,14-15H2,1H3. The first-order chi connectivity index (χ1) is 11.7. The molecule has 2 rings (SSSR count). The predicted octanol–water partition coefficient (Wildman–Crippen LogP) is 4.85. The van der Waals surface area contributed by atoms with Gasteiger partial charge in [-0.2, -0.15) is 0 Å². The minimum Gasteiger partial charge on any atom is -0.407 e. The maximum atomic E-state index is 13.3. The summed E-state index contributed by atoms with van der Waals surface area (Å²) >= 11 is 0. The quantitative estimate of drug-likeness (QED) is 0.448. The number of benzene rings is 1. The first kappa shape index (κ1) is 19.4. The van der Waals surface area contributed by atoms with Crippen molar-refractivity contribution in [1.82, 2.24) is 0 Å². The van der Waals surface area contributed by atoms with E-state index in [9.17, 15) is 8.78 Å². The van der Waals surface area contributed by atoms with Gasteiger partial charge < -0.3 is 9.31 Å². The molecule has 134 valence electrons. The van der Waals surface area contributed by atoms with E-state index in [0.29, 0.717) is 24.6 Å². The molecule has 0 atom stereocenters. The Hall–Kier alpha value is -0.935. The highest BCUT2D eigenvalue weighted by molar-refractivity contribution is 6.61. The molecule has 24 heavy (non-hydrogen) atoms. The number of hydrogen-bond acceptors (Lipinski definition) is 2. The van der Waals surface area contributed by atoms with Gasteiger partial charge in [0.05, 0.1) is 0 Å². The van der Waals surface area contributed by atoms with Crippen LogP contribution in [-0.2, 0) is 9.31 Å². The van der Waals surface area contributed by atoms with Crippen molar-refractivity contribution in [1.29, 1.82) is 0 Å². The van der Waals surface area contributed by atoms with Crippen LogP contribution < -0.4 is 5.46 Å². The molecule has 5 heteroatoms. The Kier molecular flexibility index (Phi) is 8.75. The number of rotatable bonds is 10. The number of halogens is 2. The van der Waals surface area contributed by atoms with Crippen molar-refractivity contribution in [2.75, 3.05) is 13.2 Å². The SMILES string of the molecule is CCCCCCCCCCC1COB(c2ccc(F)c(F)c2)OC1. The molecule has 0 amide bonds. The van der Waals surface area contributed by atoms with Crippen LogP contribution in [0.3, 0.4) is 0 Å². The summed E-state index contributed by atoms with van der Waals surface area (Å²) in [5, 5.41) is 0. The largest absolute Gasteiger partial charge is 0.493 e. The van der Waals surface area contributed by atoms with Gasteiger partial charge in [0, 0.05) is 19.1 Å². The summed E-state index contributed by atoms with van der Waals surface area (Å²) in [7, 11) is -0.574. The van der Waals surface area contributed by atoms with Gasteiger partial charge in [-0.3, -0.25) is 0 Å². The zero-order chi connectivity index (χ0) is 17.2. The van der Waals surface area contributed by atoms with Gasteiger partial charge in [0.15, 0.2) is 11.6 Å². The zero-order valence-electron chi connectivity index (χ0n) is 14.7.